The first-order chi connectivity index (χ1) is 21.5. The van der Waals surface area contributed by atoms with E-state index in [1.807, 2.05) is 121 Å². The van der Waals surface area contributed by atoms with Gasteiger partial charge in [0.15, 0.2) is 0 Å². The van der Waals surface area contributed by atoms with Gasteiger partial charge >= 0.3 is 94.4 Å². The van der Waals surface area contributed by atoms with Crippen molar-refractivity contribution in [2.24, 2.45) is 0 Å². The van der Waals surface area contributed by atoms with Crippen LogP contribution in [0, 0.1) is 0 Å². The molecule has 0 aliphatic heterocycles. The largest absolute Gasteiger partial charge is 0.854 e. The molecule has 0 heterocycles. The summed E-state index contributed by atoms with van der Waals surface area (Å²) in [4.78, 5) is 0. The third-order valence-corrected chi connectivity index (χ3v) is 10.8. The first-order valence-corrected chi connectivity index (χ1v) is 18.8. The Balaban J connectivity index is 0.000000235. The van der Waals surface area contributed by atoms with E-state index < -0.39 is 46.3 Å². The van der Waals surface area contributed by atoms with Gasteiger partial charge in [0.2, 0.25) is 0 Å². The van der Waals surface area contributed by atoms with Crippen molar-refractivity contribution >= 4 is 21.1 Å². The van der Waals surface area contributed by atoms with E-state index >= 15 is 0 Å². The Labute approximate surface area is 272 Å². The van der Waals surface area contributed by atoms with Gasteiger partial charge in [-0.1, -0.05) is 121 Å². The molecule has 4 rings (SSSR count). The number of rotatable bonds is 12. The fraction of sp³-hybridized carbons (Fsp3) is 0.333. The van der Waals surface area contributed by atoms with Crippen molar-refractivity contribution in [3.8, 4) is 0 Å². The van der Waals surface area contributed by atoms with E-state index in [4.69, 9.17) is 0 Å². The van der Waals surface area contributed by atoms with E-state index in [0.717, 1.165) is 22.3 Å². The minimum Gasteiger partial charge on any atom is -0.854 e. The van der Waals surface area contributed by atoms with Crippen LogP contribution in [0.5, 0.6) is 0 Å². The molecule has 0 fully saturated rings. The molecule has 0 spiro atoms. The van der Waals surface area contributed by atoms with Crippen molar-refractivity contribution in [3.05, 3.63) is 144 Å². The van der Waals surface area contributed by atoms with Gasteiger partial charge in [0.05, 0.1) is 0 Å². The second-order valence-electron chi connectivity index (χ2n) is 10.3. The van der Waals surface area contributed by atoms with Gasteiger partial charge in [-0.15, -0.1) is 13.2 Å². The summed E-state index contributed by atoms with van der Waals surface area (Å²) in [5.74, 6) is -0.0419. The summed E-state index contributed by atoms with van der Waals surface area (Å²) in [5.41, 5.74) is 4.38. The molecule has 240 valence electrons. The second kappa shape index (κ2) is 21.1. The predicted molar refractivity (Wildman–Crippen MR) is 165 cm³/mol. The average molecular weight is 735 g/mol. The number of alkyl halides is 6. The van der Waals surface area contributed by atoms with Gasteiger partial charge in [-0.25, -0.2) is 0 Å². The molecule has 0 saturated carbocycles. The maximum Gasteiger partial charge on any atom is -0.00638 e. The fourth-order valence-corrected chi connectivity index (χ4v) is 7.61. The first kappa shape index (κ1) is 38.4. The molecule has 9 heteroatoms. The van der Waals surface area contributed by atoms with Gasteiger partial charge in [-0.05, 0) is 34.1 Å². The normalized spacial score (nSPS) is 11.2. The molecule has 4 aromatic rings. The zero-order chi connectivity index (χ0) is 33.0. The maximum absolute atomic E-state index is 11.7. The summed E-state index contributed by atoms with van der Waals surface area (Å²) in [6.07, 6.45) is -9.67. The van der Waals surface area contributed by atoms with E-state index in [0.29, 0.717) is 8.87 Å². The molecule has 45 heavy (non-hydrogen) atoms. The summed E-state index contributed by atoms with van der Waals surface area (Å²) in [5, 5.41) is 22.5. The molecule has 0 saturated heterocycles. The molecule has 0 bridgehead atoms. The van der Waals surface area contributed by atoms with Crippen molar-refractivity contribution in [2.45, 2.75) is 58.7 Å². The van der Waals surface area contributed by atoms with Crippen LogP contribution in [0.2, 0.25) is 8.87 Å². The summed E-state index contributed by atoms with van der Waals surface area (Å²) >= 11 is -0.987. The molecular formula is C36H38F6O2Sn. The van der Waals surface area contributed by atoms with Crippen LogP contribution in [0.15, 0.2) is 121 Å². The molecular weight excluding hydrogens is 697 g/mol. The Morgan fingerprint density at radius 3 is 0.889 bits per heavy atom. The van der Waals surface area contributed by atoms with Crippen molar-refractivity contribution in [1.82, 2.24) is 0 Å². The monoisotopic (exact) mass is 736 g/mol. The number of hydrogen-bond acceptors (Lipinski definition) is 2. The van der Waals surface area contributed by atoms with E-state index in [-0.39, 0.29) is 37.9 Å². The number of halogens is 6. The smallest absolute Gasteiger partial charge is 0.00638 e. The SMILES string of the molecule is FC(F)(F)CC[CH2][Sn+2][CH2]CCC(F)(F)F.[O-]CC(c1ccccc1)c1ccccc1.[O-]CC(c1ccccc1)c1ccccc1. The van der Waals surface area contributed by atoms with E-state index in [2.05, 4.69) is 0 Å². The Bertz CT molecular complexity index is 1090. The molecule has 0 N–H and O–H groups in total. The Morgan fingerprint density at radius 1 is 0.444 bits per heavy atom. The van der Waals surface area contributed by atoms with E-state index in [9.17, 15) is 36.6 Å². The third kappa shape index (κ3) is 16.9. The molecule has 0 aliphatic carbocycles. The molecule has 0 radical (unpaired) electrons. The van der Waals surface area contributed by atoms with Gasteiger partial charge in [-0.3, -0.25) is 0 Å². The zero-order valence-electron chi connectivity index (χ0n) is 24.9. The Hall–Kier alpha value is -2.82. The van der Waals surface area contributed by atoms with Crippen molar-refractivity contribution in [2.75, 3.05) is 13.2 Å². The van der Waals surface area contributed by atoms with E-state index in [1.165, 1.54) is 0 Å². The van der Waals surface area contributed by atoms with Crippen LogP contribution >= 0.6 is 0 Å². The third-order valence-electron chi connectivity index (χ3n) is 6.77. The molecule has 4 aromatic carbocycles. The topological polar surface area (TPSA) is 46.1 Å². The van der Waals surface area contributed by atoms with Gasteiger partial charge in [0.1, 0.15) is 0 Å². The molecule has 2 nitrogen and oxygen atoms in total. The summed E-state index contributed by atoms with van der Waals surface area (Å²) in [6, 6.07) is 39.7. The predicted octanol–water partition coefficient (Wildman–Crippen LogP) is 8.57. The fourth-order valence-electron chi connectivity index (χ4n) is 4.46. The Morgan fingerprint density at radius 2 is 0.689 bits per heavy atom. The summed E-state index contributed by atoms with van der Waals surface area (Å²) in [7, 11) is 0. The van der Waals surface area contributed by atoms with Gasteiger partial charge in [-0.2, -0.15) is 0 Å². The van der Waals surface area contributed by atoms with Crippen LogP contribution in [-0.2, 0) is 0 Å². The number of hydrogen-bond donors (Lipinski definition) is 0. The van der Waals surface area contributed by atoms with E-state index in [1.54, 1.807) is 0 Å². The van der Waals surface area contributed by atoms with Crippen molar-refractivity contribution in [1.29, 1.82) is 0 Å². The van der Waals surface area contributed by atoms with Gasteiger partial charge < -0.3 is 10.2 Å². The van der Waals surface area contributed by atoms with Crippen molar-refractivity contribution in [3.63, 3.8) is 0 Å². The van der Waals surface area contributed by atoms with Gasteiger partial charge in [0, 0.05) is 0 Å². The molecule has 0 atom stereocenters. The standard InChI is InChI=1S/2C14H13O.2C4H6F3.Sn/c2*15-11-14(12-7-3-1-4-8-12)13-9-5-2-6-10-13;2*1-2-3-4(5,6)7;/h2*1-10,14H,11H2;2*1-3H2;/q2*-1;;;+2. The van der Waals surface area contributed by atoms with Crippen LogP contribution in [-0.4, -0.2) is 46.7 Å². The maximum atomic E-state index is 11.7. The van der Waals surface area contributed by atoms with Crippen LogP contribution in [0.25, 0.3) is 0 Å². The second-order valence-corrected chi connectivity index (χ2v) is 14.5. The summed E-state index contributed by atoms with van der Waals surface area (Å²) < 4.78 is 71.0. The van der Waals surface area contributed by atoms with Crippen LogP contribution in [0.3, 0.4) is 0 Å². The zero-order valence-corrected chi connectivity index (χ0v) is 27.8. The van der Waals surface area contributed by atoms with Crippen molar-refractivity contribution < 1.29 is 36.6 Å². The molecule has 0 aliphatic rings. The minimum absolute atomic E-state index is 0.0209. The molecule has 0 unspecified atom stereocenters. The molecule has 0 amide bonds. The average Bonchev–Trinajstić information content (AvgIpc) is 3.03. The Kier molecular flexibility index (Phi) is 18.0. The molecule has 0 aromatic heterocycles. The summed E-state index contributed by atoms with van der Waals surface area (Å²) in [6.45, 7) is -0.206. The minimum atomic E-state index is -4.12. The number of benzene rings is 4. The van der Waals surface area contributed by atoms with Gasteiger partial charge in [0.25, 0.3) is 0 Å². The quantitative estimate of drug-likeness (QED) is 0.0832. The van der Waals surface area contributed by atoms with Crippen LogP contribution in [0.4, 0.5) is 26.3 Å². The van der Waals surface area contributed by atoms with Crippen LogP contribution in [0.1, 0.15) is 59.8 Å². The van der Waals surface area contributed by atoms with Crippen LogP contribution < -0.4 is 10.2 Å². The first-order valence-electron chi connectivity index (χ1n) is 14.7.